The van der Waals surface area contributed by atoms with E-state index in [4.69, 9.17) is 9.47 Å². The highest BCUT2D eigenvalue weighted by Gasteiger charge is 2.08. The zero-order valence-corrected chi connectivity index (χ0v) is 16.5. The summed E-state index contributed by atoms with van der Waals surface area (Å²) in [7, 11) is 3.27. The van der Waals surface area contributed by atoms with Gasteiger partial charge in [-0.2, -0.15) is 0 Å². The normalized spacial score (nSPS) is 10.3. The number of carbonyl (C=O) groups is 1. The predicted octanol–water partition coefficient (Wildman–Crippen LogP) is 3.08. The van der Waals surface area contributed by atoms with Gasteiger partial charge in [-0.05, 0) is 35.7 Å². The van der Waals surface area contributed by atoms with Crippen molar-refractivity contribution in [2.45, 2.75) is 13.0 Å². The molecule has 0 aliphatic rings. The molecule has 7 heteroatoms. The number of amides is 1. The first-order valence-electron chi connectivity index (χ1n) is 9.28. The Bertz CT molecular complexity index is 928. The minimum Gasteiger partial charge on any atom is -0.497 e. The number of ether oxygens (including phenoxy) is 2. The maximum absolute atomic E-state index is 12.3. The number of aromatic nitrogens is 2. The number of hydrogen-bond donors (Lipinski definition) is 2. The van der Waals surface area contributed by atoms with Crippen molar-refractivity contribution in [3.8, 4) is 11.5 Å². The number of benzene rings is 2. The number of rotatable bonds is 9. The molecule has 29 heavy (non-hydrogen) atoms. The fourth-order valence-corrected chi connectivity index (χ4v) is 2.78. The van der Waals surface area contributed by atoms with Crippen LogP contribution in [0, 0.1) is 0 Å². The molecule has 0 saturated carbocycles. The van der Waals surface area contributed by atoms with Crippen molar-refractivity contribution in [2.24, 2.45) is 0 Å². The number of nitrogens with zero attached hydrogens (tertiary/aromatic N) is 2. The van der Waals surface area contributed by atoms with Gasteiger partial charge in [0.1, 0.15) is 23.0 Å². The Morgan fingerprint density at radius 2 is 1.76 bits per heavy atom. The van der Waals surface area contributed by atoms with Crippen LogP contribution in [0.15, 0.2) is 60.9 Å². The van der Waals surface area contributed by atoms with Gasteiger partial charge in [-0.25, -0.2) is 9.97 Å². The second-order valence-electron chi connectivity index (χ2n) is 6.31. The second kappa shape index (κ2) is 10.1. The van der Waals surface area contributed by atoms with Gasteiger partial charge >= 0.3 is 0 Å². The Kier molecular flexibility index (Phi) is 7.00. The van der Waals surface area contributed by atoms with E-state index in [1.807, 2.05) is 48.5 Å². The summed E-state index contributed by atoms with van der Waals surface area (Å²) >= 11 is 0. The fraction of sp³-hybridized carbons (Fsp3) is 0.227. The van der Waals surface area contributed by atoms with Gasteiger partial charge in [-0.15, -0.1) is 0 Å². The first-order chi connectivity index (χ1) is 14.2. The van der Waals surface area contributed by atoms with Crippen LogP contribution in [-0.2, 0) is 13.0 Å². The zero-order chi connectivity index (χ0) is 20.5. The minimum absolute atomic E-state index is 0.255. The lowest BCUT2D eigenvalue weighted by atomic mass is 10.1. The Hall–Kier alpha value is -3.61. The van der Waals surface area contributed by atoms with E-state index in [1.165, 1.54) is 6.20 Å². The number of hydrogen-bond acceptors (Lipinski definition) is 6. The molecule has 0 aliphatic carbocycles. The van der Waals surface area contributed by atoms with Gasteiger partial charge in [0.15, 0.2) is 0 Å². The van der Waals surface area contributed by atoms with Gasteiger partial charge in [0.25, 0.3) is 5.91 Å². The molecule has 0 saturated heterocycles. The quantitative estimate of drug-likeness (QED) is 0.582. The summed E-state index contributed by atoms with van der Waals surface area (Å²) in [5.41, 5.74) is 2.41. The monoisotopic (exact) mass is 392 g/mol. The first kappa shape index (κ1) is 20.1. The Labute approximate surface area is 170 Å². The third kappa shape index (κ3) is 5.68. The molecule has 150 valence electrons. The van der Waals surface area contributed by atoms with Gasteiger partial charge in [0.05, 0.1) is 26.6 Å². The molecule has 1 heterocycles. The predicted molar refractivity (Wildman–Crippen MR) is 111 cm³/mol. The molecule has 0 fully saturated rings. The van der Waals surface area contributed by atoms with Crippen molar-refractivity contribution in [3.05, 3.63) is 77.7 Å². The van der Waals surface area contributed by atoms with E-state index in [0.717, 1.165) is 22.6 Å². The van der Waals surface area contributed by atoms with Crippen LogP contribution in [0.1, 0.15) is 21.6 Å². The number of anilines is 1. The van der Waals surface area contributed by atoms with E-state index in [0.29, 0.717) is 25.3 Å². The van der Waals surface area contributed by atoms with Crippen molar-refractivity contribution < 1.29 is 14.3 Å². The second-order valence-corrected chi connectivity index (χ2v) is 6.31. The summed E-state index contributed by atoms with van der Waals surface area (Å²) in [4.78, 5) is 20.7. The lowest BCUT2D eigenvalue weighted by Gasteiger charge is -2.09. The van der Waals surface area contributed by atoms with Gasteiger partial charge in [-0.3, -0.25) is 4.79 Å². The van der Waals surface area contributed by atoms with Crippen molar-refractivity contribution in [1.29, 1.82) is 0 Å². The number of nitrogens with one attached hydrogen (secondary N) is 2. The minimum atomic E-state index is -0.255. The lowest BCUT2D eigenvalue weighted by Crippen LogP contribution is -2.26. The van der Waals surface area contributed by atoms with Crippen LogP contribution >= 0.6 is 0 Å². The molecule has 3 aromatic rings. The molecule has 7 nitrogen and oxygen atoms in total. The summed E-state index contributed by atoms with van der Waals surface area (Å²) in [6.07, 6.45) is 3.69. The highest BCUT2D eigenvalue weighted by Crippen LogP contribution is 2.17. The maximum Gasteiger partial charge on any atom is 0.271 e. The molecule has 0 bridgehead atoms. The smallest absolute Gasteiger partial charge is 0.271 e. The average molecular weight is 392 g/mol. The van der Waals surface area contributed by atoms with Crippen LogP contribution in [-0.4, -0.2) is 36.6 Å². The zero-order valence-electron chi connectivity index (χ0n) is 16.5. The van der Waals surface area contributed by atoms with Crippen molar-refractivity contribution >= 4 is 11.7 Å². The summed E-state index contributed by atoms with van der Waals surface area (Å²) in [5, 5.41) is 6.04. The molecular weight excluding hydrogens is 368 g/mol. The third-order valence-corrected chi connectivity index (χ3v) is 4.39. The molecular formula is C22H24N4O3. The van der Waals surface area contributed by atoms with Gasteiger partial charge in [0.2, 0.25) is 0 Å². The van der Waals surface area contributed by atoms with Crippen LogP contribution in [0.3, 0.4) is 0 Å². The maximum atomic E-state index is 12.3. The molecule has 0 aliphatic heterocycles. The Morgan fingerprint density at radius 1 is 0.966 bits per heavy atom. The molecule has 1 aromatic heterocycles. The van der Waals surface area contributed by atoms with Crippen LogP contribution in [0.2, 0.25) is 0 Å². The molecule has 0 atom stereocenters. The molecule has 2 aromatic carbocycles. The highest BCUT2D eigenvalue weighted by molar-refractivity contribution is 5.92. The molecule has 3 rings (SSSR count). The standard InChI is InChI=1S/C22H24N4O3/c1-28-18-9-7-16(8-10-18)13-25-21-15-24-19(14-26-21)22(27)23-12-11-17-5-3-4-6-20(17)29-2/h3-10,14-15H,11-13H2,1-2H3,(H,23,27)(H,25,26). The summed E-state index contributed by atoms with van der Waals surface area (Å²) < 4.78 is 10.5. The van der Waals surface area contributed by atoms with Crippen LogP contribution in [0.5, 0.6) is 11.5 Å². The van der Waals surface area contributed by atoms with Crippen LogP contribution in [0.25, 0.3) is 0 Å². The van der Waals surface area contributed by atoms with E-state index < -0.39 is 0 Å². The van der Waals surface area contributed by atoms with E-state index in [-0.39, 0.29) is 11.6 Å². The van der Waals surface area contributed by atoms with Crippen molar-refractivity contribution in [3.63, 3.8) is 0 Å². The Morgan fingerprint density at radius 3 is 2.45 bits per heavy atom. The number of para-hydroxylation sites is 1. The molecule has 0 radical (unpaired) electrons. The molecule has 2 N–H and O–H groups in total. The largest absolute Gasteiger partial charge is 0.497 e. The van der Waals surface area contributed by atoms with E-state index in [2.05, 4.69) is 20.6 Å². The lowest BCUT2D eigenvalue weighted by molar-refractivity contribution is 0.0948. The van der Waals surface area contributed by atoms with Gasteiger partial charge < -0.3 is 20.1 Å². The van der Waals surface area contributed by atoms with E-state index >= 15 is 0 Å². The topological polar surface area (TPSA) is 85.4 Å². The Balaban J connectivity index is 1.47. The fourth-order valence-electron chi connectivity index (χ4n) is 2.78. The van der Waals surface area contributed by atoms with E-state index in [1.54, 1.807) is 20.4 Å². The summed E-state index contributed by atoms with van der Waals surface area (Å²) in [5.74, 6) is 1.98. The summed E-state index contributed by atoms with van der Waals surface area (Å²) in [6, 6.07) is 15.5. The molecule has 1 amide bonds. The highest BCUT2D eigenvalue weighted by atomic mass is 16.5. The van der Waals surface area contributed by atoms with Crippen LogP contribution < -0.4 is 20.1 Å². The molecule has 0 spiro atoms. The summed E-state index contributed by atoms with van der Waals surface area (Å²) in [6.45, 7) is 1.08. The van der Waals surface area contributed by atoms with Crippen molar-refractivity contribution in [1.82, 2.24) is 15.3 Å². The number of methoxy groups -OCH3 is 2. The first-order valence-corrected chi connectivity index (χ1v) is 9.28. The van der Waals surface area contributed by atoms with Crippen molar-refractivity contribution in [2.75, 3.05) is 26.1 Å². The average Bonchev–Trinajstić information content (AvgIpc) is 2.78. The SMILES string of the molecule is COc1ccc(CNc2cnc(C(=O)NCCc3ccccc3OC)cn2)cc1. The number of carbonyl (C=O) groups excluding carboxylic acids is 1. The van der Waals surface area contributed by atoms with Crippen LogP contribution in [0.4, 0.5) is 5.82 Å². The third-order valence-electron chi connectivity index (χ3n) is 4.39. The van der Waals surface area contributed by atoms with Gasteiger partial charge in [-0.1, -0.05) is 30.3 Å². The molecule has 0 unspecified atom stereocenters. The van der Waals surface area contributed by atoms with Gasteiger partial charge in [0, 0.05) is 13.1 Å². The van der Waals surface area contributed by atoms with E-state index in [9.17, 15) is 4.79 Å².